The first-order valence-corrected chi connectivity index (χ1v) is 4.18. The van der Waals surface area contributed by atoms with Crippen molar-refractivity contribution in [3.63, 3.8) is 0 Å². The van der Waals surface area contributed by atoms with Crippen LogP contribution in [0.4, 0.5) is 5.82 Å². The van der Waals surface area contributed by atoms with E-state index in [1.54, 1.807) is 16.9 Å². The molecule has 1 unspecified atom stereocenters. The molecule has 1 aliphatic heterocycles. The minimum absolute atomic E-state index is 0.315. The Balaban J connectivity index is 2.23. The lowest BCUT2D eigenvalue weighted by atomic mass is 10.3. The summed E-state index contributed by atoms with van der Waals surface area (Å²) in [6.07, 6.45) is 1.99. The summed E-state index contributed by atoms with van der Waals surface area (Å²) in [4.78, 5) is 22.3. The van der Waals surface area contributed by atoms with Crippen molar-refractivity contribution in [1.29, 1.82) is 0 Å². The first-order valence-electron chi connectivity index (χ1n) is 4.18. The molecular weight excluding hydrogens is 186 g/mol. The van der Waals surface area contributed by atoms with Gasteiger partial charge in [-0.05, 0) is 0 Å². The third-order valence-corrected chi connectivity index (χ3v) is 2.14. The number of carbonyl (C=O) groups is 2. The predicted molar refractivity (Wildman–Crippen MR) is 46.6 cm³/mol. The Morgan fingerprint density at radius 2 is 2.36 bits per heavy atom. The lowest BCUT2D eigenvalue weighted by molar-refractivity contribution is -0.134. The summed E-state index contributed by atoms with van der Waals surface area (Å²) >= 11 is 0. The van der Waals surface area contributed by atoms with Crippen LogP contribution in [0.2, 0.25) is 0 Å². The zero-order valence-electron chi connectivity index (χ0n) is 7.37. The molecule has 2 heterocycles. The van der Waals surface area contributed by atoms with E-state index in [1.165, 1.54) is 4.90 Å². The number of rotatable bonds is 3. The maximum absolute atomic E-state index is 10.7. The van der Waals surface area contributed by atoms with Gasteiger partial charge in [-0.1, -0.05) is 0 Å². The van der Waals surface area contributed by atoms with Gasteiger partial charge in [-0.15, -0.1) is 0 Å². The summed E-state index contributed by atoms with van der Waals surface area (Å²) < 4.78 is 6.43. The van der Waals surface area contributed by atoms with E-state index < -0.39 is 0 Å². The van der Waals surface area contributed by atoms with Crippen LogP contribution in [-0.4, -0.2) is 35.3 Å². The zero-order chi connectivity index (χ0) is 9.97. The highest BCUT2D eigenvalue weighted by atomic mass is 16.5. The summed E-state index contributed by atoms with van der Waals surface area (Å²) in [5, 5.41) is 4.01. The van der Waals surface area contributed by atoms with Gasteiger partial charge in [0.05, 0.1) is 19.3 Å². The van der Waals surface area contributed by atoms with Crippen molar-refractivity contribution in [2.75, 3.05) is 11.4 Å². The van der Waals surface area contributed by atoms with Crippen LogP contribution in [0.15, 0.2) is 12.3 Å². The van der Waals surface area contributed by atoms with Gasteiger partial charge in [-0.2, -0.15) is 5.10 Å². The molecule has 2 rings (SSSR count). The fraction of sp³-hybridized carbons (Fsp3) is 0.375. The normalized spacial score (nSPS) is 20.0. The number of fused-ring (bicyclic) bond motifs is 1. The molecule has 0 bridgehead atoms. The first kappa shape index (κ1) is 8.74. The SMILES string of the molecule is O=COC1CN(C=O)c2ccnn2C1. The Labute approximate surface area is 80.1 Å². The monoisotopic (exact) mass is 195 g/mol. The molecule has 0 fully saturated rings. The summed E-state index contributed by atoms with van der Waals surface area (Å²) in [7, 11) is 0. The number of hydrogen-bond donors (Lipinski definition) is 0. The minimum Gasteiger partial charge on any atom is -0.461 e. The van der Waals surface area contributed by atoms with Gasteiger partial charge in [0.2, 0.25) is 6.41 Å². The molecule has 6 heteroatoms. The van der Waals surface area contributed by atoms with E-state index in [1.807, 2.05) is 0 Å². The molecule has 6 nitrogen and oxygen atoms in total. The minimum atomic E-state index is -0.315. The highest BCUT2D eigenvalue weighted by Gasteiger charge is 2.25. The van der Waals surface area contributed by atoms with Crippen LogP contribution >= 0.6 is 0 Å². The second-order valence-electron chi connectivity index (χ2n) is 2.98. The van der Waals surface area contributed by atoms with Gasteiger partial charge < -0.3 is 4.74 Å². The molecule has 1 aromatic heterocycles. The van der Waals surface area contributed by atoms with Gasteiger partial charge in [-0.25, -0.2) is 4.68 Å². The van der Waals surface area contributed by atoms with Crippen molar-refractivity contribution in [1.82, 2.24) is 9.78 Å². The lowest BCUT2D eigenvalue weighted by Crippen LogP contribution is -2.41. The van der Waals surface area contributed by atoms with Crippen molar-refractivity contribution in [2.24, 2.45) is 0 Å². The molecule has 0 aliphatic carbocycles. The fourth-order valence-electron chi connectivity index (χ4n) is 1.54. The van der Waals surface area contributed by atoms with Gasteiger partial charge in [0.25, 0.3) is 6.47 Å². The predicted octanol–water partition coefficient (Wildman–Crippen LogP) is -0.599. The van der Waals surface area contributed by atoms with Crippen molar-refractivity contribution >= 4 is 18.7 Å². The van der Waals surface area contributed by atoms with Crippen LogP contribution in [0, 0.1) is 0 Å². The number of nitrogens with zero attached hydrogens (tertiary/aromatic N) is 3. The second-order valence-corrected chi connectivity index (χ2v) is 2.98. The van der Waals surface area contributed by atoms with E-state index in [2.05, 4.69) is 5.10 Å². The molecular formula is C8H9N3O3. The molecule has 0 radical (unpaired) electrons. The van der Waals surface area contributed by atoms with Crippen molar-refractivity contribution < 1.29 is 14.3 Å². The molecule has 0 spiro atoms. The van der Waals surface area contributed by atoms with E-state index >= 15 is 0 Å². The smallest absolute Gasteiger partial charge is 0.293 e. The van der Waals surface area contributed by atoms with Crippen molar-refractivity contribution in [3.05, 3.63) is 12.3 Å². The van der Waals surface area contributed by atoms with Crippen LogP contribution in [0.5, 0.6) is 0 Å². The van der Waals surface area contributed by atoms with Gasteiger partial charge in [-0.3, -0.25) is 14.5 Å². The van der Waals surface area contributed by atoms with Crippen LogP contribution in [0.3, 0.4) is 0 Å². The van der Waals surface area contributed by atoms with Crippen LogP contribution in [-0.2, 0) is 20.9 Å². The maximum Gasteiger partial charge on any atom is 0.293 e. The number of carbonyl (C=O) groups excluding carboxylic acids is 2. The van der Waals surface area contributed by atoms with E-state index in [9.17, 15) is 9.59 Å². The number of amides is 1. The molecule has 1 aliphatic rings. The molecule has 1 atom stereocenters. The largest absolute Gasteiger partial charge is 0.461 e. The highest BCUT2D eigenvalue weighted by molar-refractivity contribution is 5.73. The van der Waals surface area contributed by atoms with Gasteiger partial charge in [0.1, 0.15) is 11.9 Å². The van der Waals surface area contributed by atoms with Gasteiger partial charge >= 0.3 is 0 Å². The van der Waals surface area contributed by atoms with Crippen molar-refractivity contribution in [2.45, 2.75) is 12.6 Å². The molecule has 14 heavy (non-hydrogen) atoms. The topological polar surface area (TPSA) is 64.4 Å². The van der Waals surface area contributed by atoms with Gasteiger partial charge in [0.15, 0.2) is 0 Å². The number of ether oxygens (including phenoxy) is 1. The Hall–Kier alpha value is -1.85. The first-order chi connectivity index (χ1) is 6.85. The van der Waals surface area contributed by atoms with E-state index in [0.717, 1.165) is 5.82 Å². The molecule has 0 saturated carbocycles. The summed E-state index contributed by atoms with van der Waals surface area (Å²) in [5.41, 5.74) is 0. The number of anilines is 1. The summed E-state index contributed by atoms with van der Waals surface area (Å²) in [6, 6.07) is 1.74. The molecule has 0 aromatic carbocycles. The highest BCUT2D eigenvalue weighted by Crippen LogP contribution is 2.18. The van der Waals surface area contributed by atoms with Crippen LogP contribution < -0.4 is 4.90 Å². The molecule has 0 saturated heterocycles. The average molecular weight is 195 g/mol. The summed E-state index contributed by atoms with van der Waals surface area (Å²) in [6.45, 7) is 1.27. The summed E-state index contributed by atoms with van der Waals surface area (Å²) in [5.74, 6) is 0.728. The van der Waals surface area contributed by atoms with Gasteiger partial charge in [0, 0.05) is 6.07 Å². The molecule has 74 valence electrons. The Morgan fingerprint density at radius 1 is 1.50 bits per heavy atom. The Bertz CT molecular complexity index is 349. The molecule has 0 N–H and O–H groups in total. The van der Waals surface area contributed by atoms with Crippen LogP contribution in [0.1, 0.15) is 0 Å². The number of hydrogen-bond acceptors (Lipinski definition) is 4. The van der Waals surface area contributed by atoms with E-state index in [-0.39, 0.29) is 6.10 Å². The Morgan fingerprint density at radius 3 is 3.07 bits per heavy atom. The average Bonchev–Trinajstić information content (AvgIpc) is 2.65. The Kier molecular flexibility index (Phi) is 2.18. The zero-order valence-corrected chi connectivity index (χ0v) is 7.37. The maximum atomic E-state index is 10.7. The quantitative estimate of drug-likeness (QED) is 0.604. The number of aromatic nitrogens is 2. The third kappa shape index (κ3) is 1.34. The molecule has 1 aromatic rings. The van der Waals surface area contributed by atoms with E-state index in [4.69, 9.17) is 4.74 Å². The van der Waals surface area contributed by atoms with E-state index in [0.29, 0.717) is 26.0 Å². The van der Waals surface area contributed by atoms with Crippen LogP contribution in [0.25, 0.3) is 0 Å². The fourth-order valence-corrected chi connectivity index (χ4v) is 1.54. The third-order valence-electron chi connectivity index (χ3n) is 2.14. The van der Waals surface area contributed by atoms with Crippen molar-refractivity contribution in [3.8, 4) is 0 Å². The lowest BCUT2D eigenvalue weighted by Gasteiger charge is -2.29. The molecule has 1 amide bonds. The second kappa shape index (κ2) is 3.49. The standard InChI is InChI=1S/C8H9N3O3/c12-5-10-3-7(14-6-13)4-11-8(10)1-2-9-11/h1-2,5-7H,3-4H2.